The summed E-state index contributed by atoms with van der Waals surface area (Å²) in [6.45, 7) is 3.32. The molecule has 0 unspecified atom stereocenters. The van der Waals surface area contributed by atoms with Crippen molar-refractivity contribution in [3.8, 4) is 17.1 Å². The van der Waals surface area contributed by atoms with E-state index in [2.05, 4.69) is 41.1 Å². The monoisotopic (exact) mass is 504 g/mol. The zero-order valence-electron chi connectivity index (χ0n) is 20.6. The summed E-state index contributed by atoms with van der Waals surface area (Å²) in [6.07, 6.45) is 4.62. The number of carbonyl (C=O) groups excluding carboxylic acids is 1. The molecular weight excluding hydrogens is 479 g/mol. The average Bonchev–Trinajstić information content (AvgIpc) is 2.88. The number of methoxy groups -OCH3 is 1. The SMILES string of the molecule is CNC(=O)c1nnc(Nc2cc(C(C)(C)O)ccn2)cc1Nc1cc(F)cc(-c2ncccn2)c1OC. The summed E-state index contributed by atoms with van der Waals surface area (Å²) in [7, 11) is 2.89. The van der Waals surface area contributed by atoms with Crippen LogP contribution in [0.1, 0.15) is 29.9 Å². The standard InChI is InChI=1S/C25H25FN8O3/c1-25(2,36)14-6-9-28-19(10-14)32-20-13-17(21(34-33-20)24(35)27-3)31-18-12-15(26)11-16(22(18)37-4)23-29-7-5-8-30-23/h5-13,36H,1-4H3,(H,27,35)(H2,28,31,32,33). The highest BCUT2D eigenvalue weighted by Gasteiger charge is 2.21. The van der Waals surface area contributed by atoms with Gasteiger partial charge < -0.3 is 25.8 Å². The zero-order valence-corrected chi connectivity index (χ0v) is 20.6. The van der Waals surface area contributed by atoms with E-state index < -0.39 is 17.3 Å². The van der Waals surface area contributed by atoms with Gasteiger partial charge in [-0.2, -0.15) is 0 Å². The van der Waals surface area contributed by atoms with Crippen LogP contribution in [-0.2, 0) is 5.60 Å². The first-order valence-corrected chi connectivity index (χ1v) is 11.2. The predicted octanol–water partition coefficient (Wildman–Crippen LogP) is 3.55. The van der Waals surface area contributed by atoms with Crippen molar-refractivity contribution in [3.05, 3.63) is 72.1 Å². The van der Waals surface area contributed by atoms with E-state index >= 15 is 0 Å². The molecule has 0 bridgehead atoms. The third-order valence-corrected chi connectivity index (χ3v) is 5.29. The maximum Gasteiger partial charge on any atom is 0.273 e. The van der Waals surface area contributed by atoms with Gasteiger partial charge in [0.15, 0.2) is 23.1 Å². The van der Waals surface area contributed by atoms with E-state index in [-0.39, 0.29) is 34.5 Å². The fourth-order valence-electron chi connectivity index (χ4n) is 3.50. The number of ether oxygens (including phenoxy) is 1. The summed E-state index contributed by atoms with van der Waals surface area (Å²) in [4.78, 5) is 25.1. The Morgan fingerprint density at radius 3 is 2.41 bits per heavy atom. The minimum Gasteiger partial charge on any atom is -0.494 e. The van der Waals surface area contributed by atoms with Crippen LogP contribution in [0.4, 0.5) is 27.4 Å². The van der Waals surface area contributed by atoms with Gasteiger partial charge in [-0.15, -0.1) is 10.2 Å². The van der Waals surface area contributed by atoms with E-state index in [4.69, 9.17) is 4.74 Å². The fraction of sp³-hybridized carbons (Fsp3) is 0.200. The molecule has 0 aliphatic carbocycles. The number of benzene rings is 1. The number of amides is 1. The molecule has 0 saturated heterocycles. The number of hydrogen-bond acceptors (Lipinski definition) is 10. The van der Waals surface area contributed by atoms with E-state index in [1.807, 2.05) is 0 Å². The van der Waals surface area contributed by atoms with Crippen LogP contribution in [0.3, 0.4) is 0 Å². The molecule has 1 amide bonds. The quantitative estimate of drug-likeness (QED) is 0.281. The van der Waals surface area contributed by atoms with Crippen molar-refractivity contribution in [2.45, 2.75) is 19.4 Å². The molecule has 4 N–H and O–H groups in total. The predicted molar refractivity (Wildman–Crippen MR) is 135 cm³/mol. The van der Waals surface area contributed by atoms with Gasteiger partial charge in [0, 0.05) is 37.8 Å². The number of pyridine rings is 1. The third-order valence-electron chi connectivity index (χ3n) is 5.29. The molecule has 37 heavy (non-hydrogen) atoms. The minimum absolute atomic E-state index is 0.0323. The highest BCUT2D eigenvalue weighted by atomic mass is 19.1. The number of anilines is 4. The first-order chi connectivity index (χ1) is 17.7. The molecule has 4 rings (SSSR count). The van der Waals surface area contributed by atoms with Crippen molar-refractivity contribution < 1.29 is 19.0 Å². The molecule has 0 atom stereocenters. The van der Waals surface area contributed by atoms with Crippen LogP contribution in [0.2, 0.25) is 0 Å². The van der Waals surface area contributed by atoms with Gasteiger partial charge in [-0.3, -0.25) is 4.79 Å². The Morgan fingerprint density at radius 1 is 0.973 bits per heavy atom. The highest BCUT2D eigenvalue weighted by Crippen LogP contribution is 2.38. The molecule has 12 heteroatoms. The van der Waals surface area contributed by atoms with Crippen LogP contribution >= 0.6 is 0 Å². The first-order valence-electron chi connectivity index (χ1n) is 11.2. The van der Waals surface area contributed by atoms with Crippen molar-refractivity contribution in [3.63, 3.8) is 0 Å². The maximum atomic E-state index is 14.7. The lowest BCUT2D eigenvalue weighted by atomic mass is 10.00. The zero-order chi connectivity index (χ0) is 26.6. The Hall–Kier alpha value is -4.71. The Kier molecular flexibility index (Phi) is 7.20. The summed E-state index contributed by atoms with van der Waals surface area (Å²) in [5.74, 6) is 0.102. The maximum absolute atomic E-state index is 14.7. The summed E-state index contributed by atoms with van der Waals surface area (Å²) < 4.78 is 20.2. The number of rotatable bonds is 8. The Balaban J connectivity index is 1.76. The molecule has 1 aromatic carbocycles. The highest BCUT2D eigenvalue weighted by molar-refractivity contribution is 5.99. The van der Waals surface area contributed by atoms with Gasteiger partial charge in [0.05, 0.1) is 29.6 Å². The summed E-state index contributed by atoms with van der Waals surface area (Å²) in [5.41, 5.74) is 0.290. The Morgan fingerprint density at radius 2 is 1.73 bits per heavy atom. The largest absolute Gasteiger partial charge is 0.494 e. The molecule has 0 saturated carbocycles. The fourth-order valence-corrected chi connectivity index (χ4v) is 3.50. The van der Waals surface area contributed by atoms with E-state index in [0.29, 0.717) is 16.9 Å². The summed E-state index contributed by atoms with van der Waals surface area (Å²) >= 11 is 0. The normalized spacial score (nSPS) is 11.1. The summed E-state index contributed by atoms with van der Waals surface area (Å²) in [6, 6.07) is 9.03. The number of nitrogens with one attached hydrogen (secondary N) is 3. The molecule has 0 aliphatic heterocycles. The first kappa shape index (κ1) is 25.4. The molecule has 0 fully saturated rings. The van der Waals surface area contributed by atoms with Crippen molar-refractivity contribution in [2.24, 2.45) is 0 Å². The molecule has 4 aromatic rings. The van der Waals surface area contributed by atoms with Crippen molar-refractivity contribution in [2.75, 3.05) is 24.8 Å². The van der Waals surface area contributed by atoms with Gasteiger partial charge >= 0.3 is 0 Å². The third kappa shape index (κ3) is 5.76. The number of nitrogens with zero attached hydrogens (tertiary/aromatic N) is 5. The minimum atomic E-state index is -1.07. The Labute approximate surface area is 212 Å². The van der Waals surface area contributed by atoms with Crippen molar-refractivity contribution in [1.82, 2.24) is 30.5 Å². The van der Waals surface area contributed by atoms with Crippen LogP contribution < -0.4 is 20.7 Å². The van der Waals surface area contributed by atoms with Crippen LogP contribution in [0, 0.1) is 5.82 Å². The van der Waals surface area contributed by atoms with Crippen molar-refractivity contribution in [1.29, 1.82) is 0 Å². The van der Waals surface area contributed by atoms with Gasteiger partial charge in [0.25, 0.3) is 5.91 Å². The van der Waals surface area contributed by atoms with E-state index in [1.165, 1.54) is 44.8 Å². The van der Waals surface area contributed by atoms with Gasteiger partial charge in [-0.05, 0) is 43.7 Å². The van der Waals surface area contributed by atoms with Crippen LogP contribution in [0.15, 0.2) is 55.0 Å². The molecule has 0 aliphatic rings. The second kappa shape index (κ2) is 10.5. The van der Waals surface area contributed by atoms with E-state index in [0.717, 1.165) is 0 Å². The molecule has 3 heterocycles. The van der Waals surface area contributed by atoms with Crippen LogP contribution in [0.25, 0.3) is 11.4 Å². The number of carbonyl (C=O) groups is 1. The number of hydrogen-bond donors (Lipinski definition) is 4. The Bertz CT molecular complexity index is 1430. The molecule has 0 spiro atoms. The smallest absolute Gasteiger partial charge is 0.273 e. The topological polar surface area (TPSA) is 147 Å². The van der Waals surface area contributed by atoms with Crippen LogP contribution in [0.5, 0.6) is 5.75 Å². The molecule has 11 nitrogen and oxygen atoms in total. The van der Waals surface area contributed by atoms with Crippen molar-refractivity contribution >= 4 is 28.9 Å². The van der Waals surface area contributed by atoms with Gasteiger partial charge in [-0.25, -0.2) is 19.3 Å². The number of aliphatic hydroxyl groups is 1. The van der Waals surface area contributed by atoms with Gasteiger partial charge in [-0.1, -0.05) is 0 Å². The van der Waals surface area contributed by atoms with Gasteiger partial charge in [0.1, 0.15) is 11.6 Å². The molecular formula is C25H25FN8O3. The summed E-state index contributed by atoms with van der Waals surface area (Å²) in [5, 5.41) is 27.0. The van der Waals surface area contributed by atoms with Gasteiger partial charge in [0.2, 0.25) is 0 Å². The lowest BCUT2D eigenvalue weighted by Crippen LogP contribution is -2.21. The molecule has 0 radical (unpaired) electrons. The average molecular weight is 505 g/mol. The lowest BCUT2D eigenvalue weighted by molar-refractivity contribution is 0.0785. The van der Waals surface area contributed by atoms with E-state index in [9.17, 15) is 14.3 Å². The van der Waals surface area contributed by atoms with Crippen LogP contribution in [-0.4, -0.2) is 50.3 Å². The number of aromatic nitrogens is 5. The molecule has 3 aromatic heterocycles. The second-order valence-corrected chi connectivity index (χ2v) is 8.42. The number of halogens is 1. The second-order valence-electron chi connectivity index (χ2n) is 8.42. The van der Waals surface area contributed by atoms with E-state index in [1.54, 1.807) is 38.2 Å². The lowest BCUT2D eigenvalue weighted by Gasteiger charge is -2.18. The molecule has 190 valence electrons.